The minimum Gasteiger partial charge on any atom is -0.320 e. The Labute approximate surface area is 330 Å². The molecule has 0 saturated carbocycles. The number of hydrogen-bond acceptors (Lipinski definition) is 3. The Balaban J connectivity index is 1.04. The van der Waals surface area contributed by atoms with Gasteiger partial charge in [0.15, 0.2) is 0 Å². The molecule has 5 heterocycles. The number of aromatic nitrogens is 3. The van der Waals surface area contributed by atoms with Crippen molar-refractivity contribution in [3.8, 4) is 22.6 Å². The number of aliphatic imine (C=N–C) groups is 1. The van der Waals surface area contributed by atoms with Crippen LogP contribution in [0.15, 0.2) is 193 Å². The average Bonchev–Trinajstić information content (AvgIpc) is 3.93. The topological polar surface area (TPSA) is 38.4 Å². The molecule has 12 rings (SSSR count). The number of fused-ring (bicyclic) bond motifs is 10. The molecule has 5 nitrogen and oxygen atoms in total. The lowest BCUT2D eigenvalue weighted by molar-refractivity contribution is 0.747. The van der Waals surface area contributed by atoms with Crippen molar-refractivity contribution in [3.63, 3.8) is 0 Å². The van der Waals surface area contributed by atoms with Gasteiger partial charge in [0.05, 0.1) is 45.2 Å². The zero-order valence-electron chi connectivity index (χ0n) is 31.2. The van der Waals surface area contributed by atoms with E-state index in [1.165, 1.54) is 55.0 Å². The SMILES string of the molecule is C1=CC2c3ccc4c5ccccc5n(-c5cccc(-c6ccccc6)c5)c4c3N(C3=NC(c4cccc(-n5c6ccccc6c6ccccc65)n4)=CCC3)C2C=C1. The Morgan fingerprint density at radius 3 is 2.00 bits per heavy atom. The number of rotatable bonds is 4. The summed E-state index contributed by atoms with van der Waals surface area (Å²) < 4.78 is 4.77. The lowest BCUT2D eigenvalue weighted by atomic mass is 9.91. The molecular weight excluding hydrogens is 695 g/mol. The molecule has 270 valence electrons. The number of nitrogens with zero attached hydrogens (tertiary/aromatic N) is 5. The lowest BCUT2D eigenvalue weighted by Gasteiger charge is -2.31. The van der Waals surface area contributed by atoms with E-state index in [1.807, 2.05) is 0 Å². The summed E-state index contributed by atoms with van der Waals surface area (Å²) in [4.78, 5) is 13.4. The van der Waals surface area contributed by atoms with Crippen molar-refractivity contribution < 1.29 is 0 Å². The Hall–Kier alpha value is -7.24. The summed E-state index contributed by atoms with van der Waals surface area (Å²) in [6.07, 6.45) is 13.1. The van der Waals surface area contributed by atoms with Crippen molar-refractivity contribution in [1.82, 2.24) is 14.1 Å². The van der Waals surface area contributed by atoms with Gasteiger partial charge in [-0.15, -0.1) is 0 Å². The highest BCUT2D eigenvalue weighted by Gasteiger charge is 2.41. The van der Waals surface area contributed by atoms with Gasteiger partial charge in [0.2, 0.25) is 0 Å². The van der Waals surface area contributed by atoms with Crippen LogP contribution in [0.25, 0.3) is 71.9 Å². The zero-order chi connectivity index (χ0) is 37.5. The fourth-order valence-corrected chi connectivity index (χ4v) is 9.66. The van der Waals surface area contributed by atoms with Gasteiger partial charge in [-0.1, -0.05) is 146 Å². The molecule has 0 fully saturated rings. The molecule has 0 spiro atoms. The van der Waals surface area contributed by atoms with Crippen LogP contribution in [-0.2, 0) is 0 Å². The highest BCUT2D eigenvalue weighted by atomic mass is 15.3. The van der Waals surface area contributed by atoms with Crippen LogP contribution in [0.4, 0.5) is 5.69 Å². The number of para-hydroxylation sites is 3. The maximum absolute atomic E-state index is 5.55. The Morgan fingerprint density at radius 1 is 0.544 bits per heavy atom. The van der Waals surface area contributed by atoms with E-state index in [2.05, 4.69) is 202 Å². The van der Waals surface area contributed by atoms with Crippen LogP contribution >= 0.6 is 0 Å². The third kappa shape index (κ3) is 4.88. The largest absolute Gasteiger partial charge is 0.320 e. The summed E-state index contributed by atoms with van der Waals surface area (Å²) in [5.41, 5.74) is 12.7. The van der Waals surface area contributed by atoms with E-state index in [-0.39, 0.29) is 12.0 Å². The minimum absolute atomic E-state index is 0.118. The quantitative estimate of drug-likeness (QED) is 0.181. The molecule has 2 unspecified atom stereocenters. The van der Waals surface area contributed by atoms with Crippen LogP contribution in [0.1, 0.15) is 30.0 Å². The smallest absolute Gasteiger partial charge is 0.138 e. The van der Waals surface area contributed by atoms with E-state index in [4.69, 9.17) is 9.98 Å². The summed E-state index contributed by atoms with van der Waals surface area (Å²) in [6, 6.07) is 56.9. The van der Waals surface area contributed by atoms with E-state index in [0.29, 0.717) is 0 Å². The maximum atomic E-state index is 5.55. The van der Waals surface area contributed by atoms with E-state index in [9.17, 15) is 0 Å². The molecule has 0 radical (unpaired) electrons. The first-order valence-corrected chi connectivity index (χ1v) is 19.9. The van der Waals surface area contributed by atoms with E-state index < -0.39 is 0 Å². The summed E-state index contributed by atoms with van der Waals surface area (Å²) in [5.74, 6) is 2.18. The van der Waals surface area contributed by atoms with Crippen molar-refractivity contribution in [1.29, 1.82) is 0 Å². The molecule has 0 N–H and O–H groups in total. The molecule has 0 saturated heterocycles. The van der Waals surface area contributed by atoms with Gasteiger partial charge < -0.3 is 9.47 Å². The highest BCUT2D eigenvalue weighted by Crippen LogP contribution is 2.51. The fourth-order valence-electron chi connectivity index (χ4n) is 9.66. The summed E-state index contributed by atoms with van der Waals surface area (Å²) in [7, 11) is 0. The van der Waals surface area contributed by atoms with Crippen LogP contribution in [0.3, 0.4) is 0 Å². The number of pyridine rings is 1. The van der Waals surface area contributed by atoms with Crippen LogP contribution < -0.4 is 4.90 Å². The molecule has 2 atom stereocenters. The predicted molar refractivity (Wildman–Crippen MR) is 237 cm³/mol. The van der Waals surface area contributed by atoms with Gasteiger partial charge in [-0.2, -0.15) is 0 Å². The Morgan fingerprint density at radius 2 is 1.21 bits per heavy atom. The van der Waals surface area contributed by atoms with Crippen molar-refractivity contribution in [2.45, 2.75) is 24.8 Å². The standard InChI is InChI=1S/C52H37N5/c1-2-15-34(16-3-1)35-17-12-18-36(33-35)55-45-25-8-6-21-39(45)41-31-32-42-40-22-7-11-28-48(40)57(52(42)51(41)55)50-30-14-24-44(54-50)43-23-13-29-49(53-43)56-46-26-9-4-19-37(46)38-20-5-10-27-47(38)56/h1-13,15-29,31-33,40,48H,14,30H2. The average molecular weight is 732 g/mol. The van der Waals surface area contributed by atoms with Crippen LogP contribution in [0, 0.1) is 0 Å². The van der Waals surface area contributed by atoms with Crippen molar-refractivity contribution in [2.24, 2.45) is 4.99 Å². The predicted octanol–water partition coefficient (Wildman–Crippen LogP) is 12.6. The molecule has 0 bridgehead atoms. The monoisotopic (exact) mass is 731 g/mol. The molecule has 57 heavy (non-hydrogen) atoms. The maximum Gasteiger partial charge on any atom is 0.138 e. The van der Waals surface area contributed by atoms with Crippen molar-refractivity contribution in [2.75, 3.05) is 4.90 Å². The first-order valence-electron chi connectivity index (χ1n) is 19.9. The van der Waals surface area contributed by atoms with Crippen LogP contribution in [-0.4, -0.2) is 26.0 Å². The van der Waals surface area contributed by atoms with Gasteiger partial charge >= 0.3 is 0 Å². The van der Waals surface area contributed by atoms with Gasteiger partial charge in [-0.25, -0.2) is 9.98 Å². The molecule has 9 aromatic rings. The Kier molecular flexibility index (Phi) is 7.11. The Bertz CT molecular complexity index is 3160. The second kappa shape index (κ2) is 12.7. The summed E-state index contributed by atoms with van der Waals surface area (Å²) in [6.45, 7) is 0. The fraction of sp³-hybridized carbons (Fsp3) is 0.0769. The number of benzene rings is 6. The third-order valence-electron chi connectivity index (χ3n) is 12.1. The van der Waals surface area contributed by atoms with Gasteiger partial charge in [0.25, 0.3) is 0 Å². The normalized spacial score (nSPS) is 17.4. The molecule has 5 heteroatoms. The van der Waals surface area contributed by atoms with E-state index in [0.717, 1.165) is 52.6 Å². The number of hydrogen-bond donors (Lipinski definition) is 0. The second-order valence-corrected chi connectivity index (χ2v) is 15.2. The van der Waals surface area contributed by atoms with Gasteiger partial charge in [-0.05, 0) is 65.6 Å². The van der Waals surface area contributed by atoms with Crippen LogP contribution in [0.5, 0.6) is 0 Å². The molecular formula is C52H37N5. The number of amidine groups is 1. The van der Waals surface area contributed by atoms with E-state index >= 15 is 0 Å². The zero-order valence-corrected chi connectivity index (χ0v) is 31.2. The summed E-state index contributed by atoms with van der Waals surface area (Å²) >= 11 is 0. The van der Waals surface area contributed by atoms with Crippen molar-refractivity contribution >= 4 is 60.8 Å². The minimum atomic E-state index is 0.118. The molecule has 0 amide bonds. The van der Waals surface area contributed by atoms with Gasteiger partial charge in [-0.3, -0.25) is 4.57 Å². The number of anilines is 1. The first kappa shape index (κ1) is 32.0. The second-order valence-electron chi connectivity index (χ2n) is 15.2. The lowest BCUT2D eigenvalue weighted by Crippen LogP contribution is -2.39. The number of allylic oxidation sites excluding steroid dienone is 3. The van der Waals surface area contributed by atoms with Gasteiger partial charge in [0.1, 0.15) is 11.7 Å². The highest BCUT2D eigenvalue weighted by molar-refractivity contribution is 6.18. The molecule has 2 aliphatic heterocycles. The summed E-state index contributed by atoms with van der Waals surface area (Å²) in [5, 5.41) is 4.95. The third-order valence-corrected chi connectivity index (χ3v) is 12.1. The molecule has 1 aliphatic carbocycles. The van der Waals surface area contributed by atoms with Crippen LogP contribution in [0.2, 0.25) is 0 Å². The first-order chi connectivity index (χ1) is 28.3. The molecule has 6 aromatic carbocycles. The van der Waals surface area contributed by atoms with Crippen molar-refractivity contribution in [3.05, 3.63) is 199 Å². The molecule has 3 aliphatic rings. The van der Waals surface area contributed by atoms with E-state index in [1.54, 1.807) is 0 Å². The molecule has 3 aromatic heterocycles. The van der Waals surface area contributed by atoms with Gasteiger partial charge in [0, 0.05) is 39.6 Å².